The van der Waals surface area contributed by atoms with E-state index in [0.29, 0.717) is 54.5 Å². The van der Waals surface area contributed by atoms with Crippen molar-refractivity contribution < 1.29 is 74.0 Å². The monoisotopic (exact) mass is 867 g/mol. The molecule has 0 amide bonds. The molecule has 9 N–H and O–H groups in total. The van der Waals surface area contributed by atoms with Gasteiger partial charge in [-0.05, 0) is 112 Å². The number of hydrogen-bond donors (Lipinski definition) is 9. The van der Waals surface area contributed by atoms with E-state index in [-0.39, 0.29) is 22.7 Å². The first-order valence-electron chi connectivity index (χ1n) is 23.3. The summed E-state index contributed by atoms with van der Waals surface area (Å²) in [5.74, 6) is 3.43. The van der Waals surface area contributed by atoms with Crippen LogP contribution in [0.4, 0.5) is 0 Å². The molecule has 16 heteroatoms. The van der Waals surface area contributed by atoms with Crippen LogP contribution in [0, 0.1) is 46.3 Å². The van der Waals surface area contributed by atoms with Gasteiger partial charge < -0.3 is 74.0 Å². The molecule has 0 radical (unpaired) electrons. The Morgan fingerprint density at radius 3 is 1.98 bits per heavy atom. The lowest BCUT2D eigenvalue weighted by atomic mass is 9.47. The molecule has 4 aliphatic carbocycles. The lowest BCUT2D eigenvalue weighted by Gasteiger charge is -2.59. The minimum absolute atomic E-state index is 0.00472. The van der Waals surface area contributed by atoms with Crippen LogP contribution in [0.25, 0.3) is 0 Å². The third-order valence-corrected chi connectivity index (χ3v) is 17.9. The number of hydrogen-bond acceptors (Lipinski definition) is 16. The molecule has 0 aromatic rings. The van der Waals surface area contributed by atoms with Crippen LogP contribution in [0.3, 0.4) is 0 Å². The Balaban J connectivity index is 0.916. The maximum absolute atomic E-state index is 12.0. The SMILES string of the molecule is CC1CCC2(NC1)OC1CC3C4CC=C5C[C@@H](O[C@@H]6O[C@H](CO)[C@@H](O[C@@H]7O[C@@H](C)[C@H](O)[C@@H](O)[C@H]7O)[C@H](O)[C@H]6O[C@@H]6O[C@@H](C)[C@H](O)[C@@H](O)[C@H]6O)CC[C@]5(C)C4CC[C@]3(C)C1C2C. The van der Waals surface area contributed by atoms with E-state index < -0.39 is 98.7 Å². The minimum Gasteiger partial charge on any atom is -0.394 e. The summed E-state index contributed by atoms with van der Waals surface area (Å²) >= 11 is 0. The van der Waals surface area contributed by atoms with Gasteiger partial charge in [0.05, 0.1) is 31.0 Å². The normalized spacial score (nSPS) is 58.4. The average Bonchev–Trinajstić information content (AvgIpc) is 3.69. The first kappa shape index (κ1) is 45.3. The Morgan fingerprint density at radius 1 is 0.705 bits per heavy atom. The Kier molecular flexibility index (Phi) is 12.4. The minimum atomic E-state index is -1.70. The molecule has 0 bridgehead atoms. The fraction of sp³-hybridized carbons (Fsp3) is 0.956. The van der Waals surface area contributed by atoms with Crippen LogP contribution in [0.1, 0.15) is 99.3 Å². The van der Waals surface area contributed by atoms with Gasteiger partial charge in [0, 0.05) is 12.5 Å². The summed E-state index contributed by atoms with van der Waals surface area (Å²) in [4.78, 5) is 0. The summed E-state index contributed by atoms with van der Waals surface area (Å²) in [7, 11) is 0. The van der Waals surface area contributed by atoms with Crippen LogP contribution in [-0.4, -0.2) is 164 Å². The maximum atomic E-state index is 12.0. The van der Waals surface area contributed by atoms with Crippen LogP contribution in [0.2, 0.25) is 0 Å². The fourth-order valence-corrected chi connectivity index (χ4v) is 14.2. The van der Waals surface area contributed by atoms with Gasteiger partial charge in [0.2, 0.25) is 0 Å². The molecular formula is C45H73NO15. The van der Waals surface area contributed by atoms with Crippen molar-refractivity contribution in [3.05, 3.63) is 11.6 Å². The molecule has 26 atom stereocenters. The molecule has 3 saturated carbocycles. The van der Waals surface area contributed by atoms with Crippen molar-refractivity contribution in [2.75, 3.05) is 13.2 Å². The van der Waals surface area contributed by atoms with Crippen LogP contribution in [-0.2, 0) is 33.2 Å². The molecule has 5 heterocycles. The Morgan fingerprint density at radius 2 is 1.36 bits per heavy atom. The van der Waals surface area contributed by atoms with E-state index in [4.69, 9.17) is 33.2 Å². The van der Waals surface area contributed by atoms with Gasteiger partial charge in [0.15, 0.2) is 18.9 Å². The van der Waals surface area contributed by atoms with E-state index in [2.05, 4.69) is 39.1 Å². The Labute approximate surface area is 359 Å². The van der Waals surface area contributed by atoms with Crippen molar-refractivity contribution in [2.24, 2.45) is 46.3 Å². The second kappa shape index (κ2) is 16.8. The van der Waals surface area contributed by atoms with E-state index in [9.17, 15) is 40.9 Å². The summed E-state index contributed by atoms with van der Waals surface area (Å²) in [6.07, 6.45) is -9.93. The lowest BCUT2D eigenvalue weighted by molar-refractivity contribution is -0.388. The number of aliphatic hydroxyl groups excluding tert-OH is 8. The number of fused-ring (bicyclic) bond motifs is 7. The zero-order valence-corrected chi connectivity index (χ0v) is 36.6. The highest BCUT2D eigenvalue weighted by molar-refractivity contribution is 5.26. The van der Waals surface area contributed by atoms with E-state index in [0.717, 1.165) is 32.2 Å². The lowest BCUT2D eigenvalue weighted by Crippen LogP contribution is -2.66. The Hall–Kier alpha value is -0.900. The molecule has 5 aliphatic heterocycles. The molecule has 0 aromatic carbocycles. The van der Waals surface area contributed by atoms with Gasteiger partial charge in [-0.2, -0.15) is 0 Å². The number of aliphatic hydroxyl groups is 8. The highest BCUT2D eigenvalue weighted by Gasteiger charge is 2.68. The third kappa shape index (κ3) is 7.42. The van der Waals surface area contributed by atoms with Gasteiger partial charge in [-0.3, -0.25) is 5.32 Å². The molecule has 5 saturated heterocycles. The third-order valence-electron chi connectivity index (χ3n) is 17.9. The molecule has 9 rings (SSSR count). The highest BCUT2D eigenvalue weighted by atomic mass is 16.8. The maximum Gasteiger partial charge on any atom is 0.187 e. The van der Waals surface area contributed by atoms with Crippen molar-refractivity contribution in [1.82, 2.24) is 5.32 Å². The topological polar surface area (TPSA) is 238 Å². The van der Waals surface area contributed by atoms with Gasteiger partial charge in [0.1, 0.15) is 66.8 Å². The highest BCUT2D eigenvalue weighted by Crippen LogP contribution is 2.70. The molecule has 9 aliphatic rings. The molecule has 1 spiro atoms. The predicted octanol–water partition coefficient (Wildman–Crippen LogP) is 0.815. The number of nitrogens with one attached hydrogen (secondary N) is 1. The smallest absolute Gasteiger partial charge is 0.187 e. The molecule has 16 nitrogen and oxygen atoms in total. The van der Waals surface area contributed by atoms with E-state index in [1.54, 1.807) is 0 Å². The quantitative estimate of drug-likeness (QED) is 0.161. The van der Waals surface area contributed by atoms with Crippen LogP contribution in [0.15, 0.2) is 11.6 Å². The summed E-state index contributed by atoms with van der Waals surface area (Å²) < 4.78 is 43.7. The van der Waals surface area contributed by atoms with E-state index >= 15 is 0 Å². The first-order valence-corrected chi connectivity index (χ1v) is 23.3. The summed E-state index contributed by atoms with van der Waals surface area (Å²) in [5.41, 5.74) is 1.41. The second-order valence-electron chi connectivity index (χ2n) is 21.2. The molecule has 61 heavy (non-hydrogen) atoms. The summed E-state index contributed by atoms with van der Waals surface area (Å²) in [6.45, 7) is 13.2. The largest absolute Gasteiger partial charge is 0.394 e. The van der Waals surface area contributed by atoms with Gasteiger partial charge in [-0.15, -0.1) is 0 Å². The number of allylic oxidation sites excluding steroid dienone is 1. The molecule has 348 valence electrons. The van der Waals surface area contributed by atoms with Crippen LogP contribution < -0.4 is 5.32 Å². The predicted molar refractivity (Wildman–Crippen MR) is 215 cm³/mol. The van der Waals surface area contributed by atoms with Crippen molar-refractivity contribution in [3.8, 4) is 0 Å². The van der Waals surface area contributed by atoms with Gasteiger partial charge in [-0.25, -0.2) is 0 Å². The molecular weight excluding hydrogens is 794 g/mol. The van der Waals surface area contributed by atoms with Gasteiger partial charge >= 0.3 is 0 Å². The zero-order valence-electron chi connectivity index (χ0n) is 36.6. The number of piperidine rings is 1. The van der Waals surface area contributed by atoms with Gasteiger partial charge in [-0.1, -0.05) is 39.3 Å². The van der Waals surface area contributed by atoms with Crippen molar-refractivity contribution in [2.45, 2.75) is 209 Å². The van der Waals surface area contributed by atoms with Crippen LogP contribution in [0.5, 0.6) is 0 Å². The molecule has 0 aromatic heterocycles. The van der Waals surface area contributed by atoms with E-state index in [1.165, 1.54) is 38.7 Å². The standard InChI is InChI=1S/C45H73NO15/c1-19-9-14-45(46-17-19)20(2)30-28(61-45)16-27-25-8-7-23-15-24(10-12-43(23,5)26(25)11-13-44(27,30)6)57-42-39(60-41-36(53)34(51)32(49)22(4)56-41)37(54)38(29(18-47)58-42)59-40-35(52)33(50)31(48)21(3)55-40/h7,19-22,24-42,46-54H,8-18H2,1-6H3/t19?,20?,21-,22-,24-,25?,26?,27?,28?,29+,30?,31-,32-,33+,34+,35+,36+,37-,38+,39+,40-,41-,42+,43-,44-,45?/m0/s1. The number of rotatable bonds is 7. The van der Waals surface area contributed by atoms with Gasteiger partial charge in [0.25, 0.3) is 0 Å². The second-order valence-corrected chi connectivity index (χ2v) is 21.2. The summed E-state index contributed by atoms with van der Waals surface area (Å²) in [6, 6.07) is 0. The van der Waals surface area contributed by atoms with Crippen molar-refractivity contribution >= 4 is 0 Å². The average molecular weight is 868 g/mol. The molecule has 8 unspecified atom stereocenters. The van der Waals surface area contributed by atoms with E-state index in [1.807, 2.05) is 0 Å². The first-order chi connectivity index (χ1) is 28.9. The van der Waals surface area contributed by atoms with Crippen molar-refractivity contribution in [3.63, 3.8) is 0 Å². The molecule has 8 fully saturated rings. The fourth-order valence-electron chi connectivity index (χ4n) is 14.2. The number of ether oxygens (including phenoxy) is 7. The summed E-state index contributed by atoms with van der Waals surface area (Å²) in [5, 5.41) is 89.8. The zero-order chi connectivity index (χ0) is 43.5. The van der Waals surface area contributed by atoms with Crippen LogP contribution >= 0.6 is 0 Å². The van der Waals surface area contributed by atoms with Crippen molar-refractivity contribution in [1.29, 1.82) is 0 Å². The Bertz CT molecular complexity index is 1600.